The normalized spacial score (nSPS) is 15.4. The molecule has 0 unspecified atom stereocenters. The number of nitrogens with one attached hydrogen (secondary N) is 1. The van der Waals surface area contributed by atoms with Gasteiger partial charge in [-0.2, -0.15) is 5.10 Å². The van der Waals surface area contributed by atoms with Crippen LogP contribution in [0.25, 0.3) is 11.0 Å². The molecule has 0 saturated carbocycles. The van der Waals surface area contributed by atoms with Crippen LogP contribution < -0.4 is 5.32 Å². The maximum absolute atomic E-state index is 14.7. The van der Waals surface area contributed by atoms with Gasteiger partial charge in [0.15, 0.2) is 5.65 Å². The summed E-state index contributed by atoms with van der Waals surface area (Å²) < 4.78 is 16.5. The van der Waals surface area contributed by atoms with E-state index in [1.54, 1.807) is 10.7 Å². The van der Waals surface area contributed by atoms with Gasteiger partial charge in [-0.25, -0.2) is 9.37 Å². The minimum Gasteiger partial charge on any atom is -0.323 e. The number of rotatable bonds is 5. The molecule has 2 aromatic heterocycles. The third kappa shape index (κ3) is 4.52. The number of halogens is 1. The van der Waals surface area contributed by atoms with E-state index in [0.717, 1.165) is 65.3 Å². The molecule has 0 atom stereocenters. The molecule has 1 N–H and O–H groups in total. The standard InChI is InChI=1S/C24H31FN6O/c1-15-19(16(2)26-24-23(15)17(3)28-30(24)5)13-22(32)27-21-7-6-18(12-20(21)25)14-31-10-8-29(4)9-11-31/h6-7,12H,8-11,13-14H2,1-5H3,(H,27,32). The summed E-state index contributed by atoms with van der Waals surface area (Å²) in [7, 11) is 3.98. The van der Waals surface area contributed by atoms with Gasteiger partial charge in [-0.3, -0.25) is 14.4 Å². The Hall–Kier alpha value is -2.84. The van der Waals surface area contributed by atoms with E-state index in [1.165, 1.54) is 6.07 Å². The van der Waals surface area contributed by atoms with Crippen molar-refractivity contribution in [1.82, 2.24) is 24.6 Å². The Bertz CT molecular complexity index is 1160. The molecular formula is C24H31FN6O. The van der Waals surface area contributed by atoms with Crippen LogP contribution in [-0.4, -0.2) is 63.7 Å². The van der Waals surface area contributed by atoms with E-state index in [4.69, 9.17) is 0 Å². The number of piperazine rings is 1. The molecule has 8 heteroatoms. The molecule has 0 spiro atoms. The number of fused-ring (bicyclic) bond motifs is 1. The summed E-state index contributed by atoms with van der Waals surface area (Å²) in [4.78, 5) is 22.0. The zero-order chi connectivity index (χ0) is 23.0. The van der Waals surface area contributed by atoms with Crippen LogP contribution in [0, 0.1) is 26.6 Å². The molecule has 3 heterocycles. The predicted octanol–water partition coefficient (Wildman–Crippen LogP) is 2.96. The van der Waals surface area contributed by atoms with Crippen LogP contribution in [0.1, 0.15) is 28.1 Å². The lowest BCUT2D eigenvalue weighted by molar-refractivity contribution is -0.115. The van der Waals surface area contributed by atoms with Gasteiger partial charge in [-0.1, -0.05) is 6.07 Å². The largest absolute Gasteiger partial charge is 0.323 e. The molecule has 170 valence electrons. The number of amides is 1. The number of aryl methyl sites for hydroxylation is 4. The summed E-state index contributed by atoms with van der Waals surface area (Å²) in [5.41, 5.74) is 5.46. The Balaban J connectivity index is 1.46. The Labute approximate surface area is 188 Å². The van der Waals surface area contributed by atoms with Gasteiger partial charge in [-0.05, 0) is 56.6 Å². The van der Waals surface area contributed by atoms with Crippen molar-refractivity contribution < 1.29 is 9.18 Å². The smallest absolute Gasteiger partial charge is 0.228 e. The van der Waals surface area contributed by atoms with E-state index in [9.17, 15) is 9.18 Å². The Morgan fingerprint density at radius 2 is 1.81 bits per heavy atom. The summed E-state index contributed by atoms with van der Waals surface area (Å²) in [5, 5.41) is 8.15. The topological polar surface area (TPSA) is 66.3 Å². The maximum atomic E-state index is 14.7. The first-order valence-corrected chi connectivity index (χ1v) is 11.0. The summed E-state index contributed by atoms with van der Waals surface area (Å²) >= 11 is 0. The fourth-order valence-corrected chi connectivity index (χ4v) is 4.50. The van der Waals surface area contributed by atoms with Crippen LogP contribution >= 0.6 is 0 Å². The highest BCUT2D eigenvalue weighted by molar-refractivity contribution is 5.94. The van der Waals surface area contributed by atoms with E-state index in [1.807, 2.05) is 33.9 Å². The number of hydrogen-bond donors (Lipinski definition) is 1. The van der Waals surface area contributed by atoms with Gasteiger partial charge in [0.25, 0.3) is 0 Å². The third-order valence-electron chi connectivity index (χ3n) is 6.38. The highest BCUT2D eigenvalue weighted by Gasteiger charge is 2.19. The second-order valence-electron chi connectivity index (χ2n) is 8.83. The van der Waals surface area contributed by atoms with Gasteiger partial charge in [0.05, 0.1) is 17.8 Å². The number of nitrogens with zero attached hydrogens (tertiary/aromatic N) is 5. The highest BCUT2D eigenvalue weighted by atomic mass is 19.1. The first-order chi connectivity index (χ1) is 15.2. The number of carbonyl (C=O) groups is 1. The van der Waals surface area contributed by atoms with Gasteiger partial charge in [-0.15, -0.1) is 0 Å². The minimum atomic E-state index is -0.407. The molecule has 7 nitrogen and oxygen atoms in total. The van der Waals surface area contributed by atoms with Gasteiger partial charge in [0, 0.05) is 50.9 Å². The monoisotopic (exact) mass is 438 g/mol. The Morgan fingerprint density at radius 1 is 1.09 bits per heavy atom. The maximum Gasteiger partial charge on any atom is 0.228 e. The van der Waals surface area contributed by atoms with E-state index >= 15 is 0 Å². The number of anilines is 1. The van der Waals surface area contributed by atoms with Crippen LogP contribution in [0.5, 0.6) is 0 Å². The molecule has 1 aromatic carbocycles. The Kier molecular flexibility index (Phi) is 6.26. The van der Waals surface area contributed by atoms with Crippen molar-refractivity contribution in [2.75, 3.05) is 38.5 Å². The molecule has 1 aliphatic heterocycles. The van der Waals surface area contributed by atoms with Gasteiger partial charge in [0.1, 0.15) is 5.82 Å². The second kappa shape index (κ2) is 8.96. The summed E-state index contributed by atoms with van der Waals surface area (Å²) in [6.07, 6.45) is 0.136. The van der Waals surface area contributed by atoms with Crippen LogP contribution in [0.4, 0.5) is 10.1 Å². The summed E-state index contributed by atoms with van der Waals surface area (Å²) in [5.74, 6) is -0.667. The lowest BCUT2D eigenvalue weighted by Crippen LogP contribution is -2.43. The molecule has 1 aliphatic rings. The van der Waals surface area contributed by atoms with E-state index < -0.39 is 5.82 Å². The molecule has 4 rings (SSSR count). The quantitative estimate of drug-likeness (QED) is 0.664. The lowest BCUT2D eigenvalue weighted by Gasteiger charge is -2.32. The average Bonchev–Trinajstić information content (AvgIpc) is 3.02. The van der Waals surface area contributed by atoms with Crippen molar-refractivity contribution in [2.24, 2.45) is 7.05 Å². The van der Waals surface area contributed by atoms with Crippen LogP contribution in [0.3, 0.4) is 0 Å². The molecular weight excluding hydrogens is 407 g/mol. The highest BCUT2D eigenvalue weighted by Crippen LogP contribution is 2.26. The number of pyridine rings is 1. The number of likely N-dealkylation sites (N-methyl/N-ethyl adjacent to an activating group) is 1. The fraction of sp³-hybridized carbons (Fsp3) is 0.458. The van der Waals surface area contributed by atoms with Crippen molar-refractivity contribution in [3.8, 4) is 0 Å². The average molecular weight is 439 g/mol. The first kappa shape index (κ1) is 22.4. The first-order valence-electron chi connectivity index (χ1n) is 11.0. The molecule has 1 amide bonds. The van der Waals surface area contributed by atoms with E-state index in [2.05, 4.69) is 32.2 Å². The summed E-state index contributed by atoms with van der Waals surface area (Å²) in [6, 6.07) is 5.07. The van der Waals surface area contributed by atoms with Crippen molar-refractivity contribution in [3.05, 3.63) is 52.1 Å². The van der Waals surface area contributed by atoms with Gasteiger partial charge in [0.2, 0.25) is 5.91 Å². The summed E-state index contributed by atoms with van der Waals surface area (Å²) in [6.45, 7) is 10.5. The predicted molar refractivity (Wildman–Crippen MR) is 124 cm³/mol. The molecule has 1 fully saturated rings. The van der Waals surface area contributed by atoms with E-state index in [-0.39, 0.29) is 18.0 Å². The zero-order valence-corrected chi connectivity index (χ0v) is 19.5. The van der Waals surface area contributed by atoms with Crippen molar-refractivity contribution in [2.45, 2.75) is 33.7 Å². The van der Waals surface area contributed by atoms with E-state index in [0.29, 0.717) is 6.54 Å². The van der Waals surface area contributed by atoms with Crippen LogP contribution in [-0.2, 0) is 24.8 Å². The second-order valence-corrected chi connectivity index (χ2v) is 8.83. The SMILES string of the molecule is Cc1nc2c(c(C)nn2C)c(C)c1CC(=O)Nc1ccc(CN2CCN(C)CC2)cc1F. The van der Waals surface area contributed by atoms with Gasteiger partial charge < -0.3 is 10.2 Å². The molecule has 0 radical (unpaired) electrons. The zero-order valence-electron chi connectivity index (χ0n) is 19.5. The minimum absolute atomic E-state index is 0.136. The van der Waals surface area contributed by atoms with Crippen LogP contribution in [0.15, 0.2) is 18.2 Å². The molecule has 3 aromatic rings. The number of carbonyl (C=O) groups excluding carboxylic acids is 1. The molecule has 1 saturated heterocycles. The van der Waals surface area contributed by atoms with Crippen molar-refractivity contribution >= 4 is 22.6 Å². The van der Waals surface area contributed by atoms with Crippen molar-refractivity contribution in [1.29, 1.82) is 0 Å². The number of benzene rings is 1. The van der Waals surface area contributed by atoms with Crippen LogP contribution in [0.2, 0.25) is 0 Å². The third-order valence-corrected chi connectivity index (χ3v) is 6.38. The molecule has 32 heavy (non-hydrogen) atoms. The lowest BCUT2D eigenvalue weighted by atomic mass is 10.0. The molecule has 0 aliphatic carbocycles. The number of aromatic nitrogens is 3. The fourth-order valence-electron chi connectivity index (χ4n) is 4.50. The van der Waals surface area contributed by atoms with Crippen molar-refractivity contribution in [3.63, 3.8) is 0 Å². The van der Waals surface area contributed by atoms with Gasteiger partial charge >= 0.3 is 0 Å². The number of hydrogen-bond acceptors (Lipinski definition) is 5. The Morgan fingerprint density at radius 3 is 2.50 bits per heavy atom. The molecule has 0 bridgehead atoms.